The molecule has 0 radical (unpaired) electrons. The summed E-state index contributed by atoms with van der Waals surface area (Å²) in [7, 11) is 0. The predicted octanol–water partition coefficient (Wildman–Crippen LogP) is 2.75. The van der Waals surface area contributed by atoms with E-state index in [1.165, 1.54) is 12.0 Å². The Bertz CT molecular complexity index is 377. The van der Waals surface area contributed by atoms with E-state index in [2.05, 4.69) is 36.5 Å². The number of benzene rings is 1. The Hall–Kier alpha value is -1.15. The maximum Gasteiger partial charge on any atom is 0.137 e. The molecule has 2 rings (SSSR count). The zero-order valence-corrected chi connectivity index (χ0v) is 11.2. The number of aryl methyl sites for hydroxylation is 1. The molecule has 1 aromatic carbocycles. The summed E-state index contributed by atoms with van der Waals surface area (Å²) in [4.78, 5) is 11.9. The van der Waals surface area contributed by atoms with Crippen molar-refractivity contribution in [1.29, 1.82) is 0 Å². The van der Waals surface area contributed by atoms with Gasteiger partial charge >= 0.3 is 0 Å². The molecular weight excluding hydrogens is 222 g/mol. The van der Waals surface area contributed by atoms with Crippen molar-refractivity contribution in [2.45, 2.75) is 39.0 Å². The molecule has 1 aliphatic heterocycles. The Labute approximate surface area is 110 Å². The third kappa shape index (κ3) is 3.95. The van der Waals surface area contributed by atoms with Crippen LogP contribution >= 0.6 is 0 Å². The summed E-state index contributed by atoms with van der Waals surface area (Å²) >= 11 is 0. The molecule has 1 fully saturated rings. The molecule has 1 saturated heterocycles. The fraction of sp³-hybridized carbons (Fsp3) is 0.562. The third-order valence-electron chi connectivity index (χ3n) is 3.83. The predicted molar refractivity (Wildman–Crippen MR) is 74.7 cm³/mol. The molecule has 1 N–H and O–H groups in total. The number of nitrogens with one attached hydrogen (secondary N) is 1. The molecule has 0 bridgehead atoms. The van der Waals surface area contributed by atoms with E-state index in [4.69, 9.17) is 0 Å². The quantitative estimate of drug-likeness (QED) is 0.835. The van der Waals surface area contributed by atoms with Gasteiger partial charge in [-0.15, -0.1) is 0 Å². The average molecular weight is 245 g/mol. The number of hydrogen-bond donors (Lipinski definition) is 1. The van der Waals surface area contributed by atoms with Crippen LogP contribution in [0.3, 0.4) is 0 Å². The molecule has 0 aliphatic carbocycles. The van der Waals surface area contributed by atoms with Gasteiger partial charge in [-0.25, -0.2) is 0 Å². The van der Waals surface area contributed by atoms with E-state index in [0.717, 1.165) is 43.8 Å². The molecule has 1 atom stereocenters. The van der Waals surface area contributed by atoms with Gasteiger partial charge < -0.3 is 5.32 Å². The van der Waals surface area contributed by atoms with Gasteiger partial charge in [0.2, 0.25) is 0 Å². The average Bonchev–Trinajstić information content (AvgIpc) is 2.90. The lowest BCUT2D eigenvalue weighted by Gasteiger charge is -2.07. The highest BCUT2D eigenvalue weighted by Crippen LogP contribution is 2.15. The first-order valence-corrected chi connectivity index (χ1v) is 7.08. The number of carbonyl (C=O) groups is 1. The smallest absolute Gasteiger partial charge is 0.137 e. The number of rotatable bonds is 6. The van der Waals surface area contributed by atoms with Gasteiger partial charge in [0.25, 0.3) is 0 Å². The molecular formula is C16H23NO. The van der Waals surface area contributed by atoms with Crippen molar-refractivity contribution in [1.82, 2.24) is 5.32 Å². The van der Waals surface area contributed by atoms with Gasteiger partial charge in [0.15, 0.2) is 0 Å². The zero-order valence-electron chi connectivity index (χ0n) is 11.2. The Morgan fingerprint density at radius 1 is 1.28 bits per heavy atom. The van der Waals surface area contributed by atoms with Gasteiger partial charge in [0.05, 0.1) is 0 Å². The van der Waals surface area contributed by atoms with Crippen molar-refractivity contribution in [3.8, 4) is 0 Å². The first kappa shape index (κ1) is 13.3. The second-order valence-electron chi connectivity index (χ2n) is 5.28. The number of Topliss-reactive ketones (excluding diaryl/α,β-unsaturated/α-hetero) is 1. The van der Waals surface area contributed by atoms with Crippen molar-refractivity contribution < 1.29 is 4.79 Å². The van der Waals surface area contributed by atoms with Gasteiger partial charge in [0, 0.05) is 12.8 Å². The van der Waals surface area contributed by atoms with Crippen molar-refractivity contribution in [3.05, 3.63) is 35.4 Å². The van der Waals surface area contributed by atoms with Crippen LogP contribution in [0.5, 0.6) is 0 Å². The lowest BCUT2D eigenvalue weighted by atomic mass is 9.98. The van der Waals surface area contributed by atoms with Crippen LogP contribution in [0.15, 0.2) is 24.3 Å². The first-order chi connectivity index (χ1) is 8.78. The fourth-order valence-corrected chi connectivity index (χ4v) is 2.53. The highest BCUT2D eigenvalue weighted by molar-refractivity contribution is 5.80. The van der Waals surface area contributed by atoms with Crippen LogP contribution in [0.25, 0.3) is 0 Å². The second kappa shape index (κ2) is 6.69. The van der Waals surface area contributed by atoms with E-state index in [1.807, 2.05) is 0 Å². The fourth-order valence-electron chi connectivity index (χ4n) is 2.53. The molecule has 0 aromatic heterocycles. The standard InChI is InChI=1S/C16H23NO/c1-2-13-3-5-14(6-4-13)11-16(18)8-7-15-9-10-17-12-15/h3-6,15,17H,2,7-12H2,1H3. The second-order valence-corrected chi connectivity index (χ2v) is 5.28. The van der Waals surface area contributed by atoms with Crippen LogP contribution in [0.1, 0.15) is 37.3 Å². The third-order valence-corrected chi connectivity index (χ3v) is 3.83. The number of carbonyl (C=O) groups excluding carboxylic acids is 1. The van der Waals surface area contributed by atoms with Crippen LogP contribution in [0.2, 0.25) is 0 Å². The monoisotopic (exact) mass is 245 g/mol. The van der Waals surface area contributed by atoms with Gasteiger partial charge in [-0.2, -0.15) is 0 Å². The van der Waals surface area contributed by atoms with Gasteiger partial charge in [-0.05, 0) is 49.4 Å². The minimum Gasteiger partial charge on any atom is -0.316 e. The molecule has 1 heterocycles. The maximum absolute atomic E-state index is 11.9. The van der Waals surface area contributed by atoms with E-state index in [9.17, 15) is 4.79 Å². The molecule has 1 aliphatic rings. The molecule has 0 amide bonds. The van der Waals surface area contributed by atoms with E-state index in [1.54, 1.807) is 0 Å². The first-order valence-electron chi connectivity index (χ1n) is 7.08. The largest absolute Gasteiger partial charge is 0.316 e. The van der Waals surface area contributed by atoms with Crippen LogP contribution in [-0.2, 0) is 17.6 Å². The van der Waals surface area contributed by atoms with Gasteiger partial charge in [-0.1, -0.05) is 31.2 Å². The molecule has 2 nitrogen and oxygen atoms in total. The lowest BCUT2D eigenvalue weighted by molar-refractivity contribution is -0.118. The molecule has 1 aromatic rings. The Kier molecular flexibility index (Phi) is 4.94. The number of hydrogen-bond acceptors (Lipinski definition) is 2. The van der Waals surface area contributed by atoms with Crippen LogP contribution in [0, 0.1) is 5.92 Å². The van der Waals surface area contributed by atoms with Crippen molar-refractivity contribution in [2.24, 2.45) is 5.92 Å². The maximum atomic E-state index is 11.9. The molecule has 98 valence electrons. The van der Waals surface area contributed by atoms with E-state index < -0.39 is 0 Å². The summed E-state index contributed by atoms with van der Waals surface area (Å²) in [5, 5.41) is 3.35. The van der Waals surface area contributed by atoms with Crippen LogP contribution in [0.4, 0.5) is 0 Å². The van der Waals surface area contributed by atoms with Gasteiger partial charge in [0.1, 0.15) is 5.78 Å². The van der Waals surface area contributed by atoms with Gasteiger partial charge in [-0.3, -0.25) is 4.79 Å². The molecule has 2 heteroatoms. The molecule has 1 unspecified atom stereocenters. The highest BCUT2D eigenvalue weighted by atomic mass is 16.1. The van der Waals surface area contributed by atoms with Crippen LogP contribution in [-0.4, -0.2) is 18.9 Å². The Morgan fingerprint density at radius 2 is 2.00 bits per heavy atom. The van der Waals surface area contributed by atoms with Crippen molar-refractivity contribution in [3.63, 3.8) is 0 Å². The van der Waals surface area contributed by atoms with E-state index in [0.29, 0.717) is 12.2 Å². The molecule has 0 saturated carbocycles. The summed E-state index contributed by atoms with van der Waals surface area (Å²) in [6.07, 6.45) is 4.69. The SMILES string of the molecule is CCc1ccc(CC(=O)CCC2CCNC2)cc1. The summed E-state index contributed by atoms with van der Waals surface area (Å²) in [6.45, 7) is 4.37. The summed E-state index contributed by atoms with van der Waals surface area (Å²) in [5.74, 6) is 1.10. The minimum atomic E-state index is 0.381. The minimum absolute atomic E-state index is 0.381. The molecule has 18 heavy (non-hydrogen) atoms. The van der Waals surface area contributed by atoms with Crippen molar-refractivity contribution >= 4 is 5.78 Å². The zero-order chi connectivity index (χ0) is 12.8. The van der Waals surface area contributed by atoms with E-state index >= 15 is 0 Å². The Balaban J connectivity index is 1.75. The normalized spacial score (nSPS) is 19.1. The molecule has 0 spiro atoms. The Morgan fingerprint density at radius 3 is 2.61 bits per heavy atom. The summed E-state index contributed by atoms with van der Waals surface area (Å²) < 4.78 is 0. The van der Waals surface area contributed by atoms with E-state index in [-0.39, 0.29) is 0 Å². The lowest BCUT2D eigenvalue weighted by Crippen LogP contribution is -2.11. The topological polar surface area (TPSA) is 29.1 Å². The van der Waals surface area contributed by atoms with Crippen LogP contribution < -0.4 is 5.32 Å². The number of ketones is 1. The highest BCUT2D eigenvalue weighted by Gasteiger charge is 2.15. The summed E-state index contributed by atoms with van der Waals surface area (Å²) in [6, 6.07) is 8.44. The van der Waals surface area contributed by atoms with Crippen molar-refractivity contribution in [2.75, 3.05) is 13.1 Å². The summed E-state index contributed by atoms with van der Waals surface area (Å²) in [5.41, 5.74) is 2.49.